The van der Waals surface area contributed by atoms with E-state index in [2.05, 4.69) is 10.1 Å². The average Bonchev–Trinajstić information content (AvgIpc) is 2.89. The molecular weight excluding hydrogens is 316 g/mol. The fraction of sp³-hybridized carbons (Fsp3) is 0.385. The second-order valence-corrected chi connectivity index (χ2v) is 7.48. The predicted octanol–water partition coefficient (Wildman–Crippen LogP) is 0.877. The van der Waals surface area contributed by atoms with Crippen LogP contribution in [-0.2, 0) is 22.0 Å². The monoisotopic (exact) mass is 331 g/mol. The Morgan fingerprint density at radius 3 is 2.59 bits per heavy atom. The lowest BCUT2D eigenvalue weighted by Gasteiger charge is -2.33. The van der Waals surface area contributed by atoms with Crippen LogP contribution in [0, 0.1) is 11.6 Å². The third kappa shape index (κ3) is 3.14. The van der Waals surface area contributed by atoms with Crippen LogP contribution in [0.4, 0.5) is 8.78 Å². The number of halogens is 2. The summed E-state index contributed by atoms with van der Waals surface area (Å²) in [7, 11) is -3.71. The molecule has 0 aliphatic heterocycles. The SMILES string of the molecule is C[C@H](C(O)(Cn1cncn1)c1ccc(F)cc1F)S(C)(=O)=O. The van der Waals surface area contributed by atoms with E-state index in [1.807, 2.05) is 0 Å². The van der Waals surface area contributed by atoms with E-state index < -0.39 is 32.3 Å². The molecule has 0 fully saturated rings. The third-order valence-corrected chi connectivity index (χ3v) is 5.26. The minimum Gasteiger partial charge on any atom is -0.382 e. The maximum absolute atomic E-state index is 14.1. The van der Waals surface area contributed by atoms with Gasteiger partial charge in [0, 0.05) is 17.9 Å². The summed E-state index contributed by atoms with van der Waals surface area (Å²) in [6.45, 7) is 0.916. The van der Waals surface area contributed by atoms with E-state index in [1.165, 1.54) is 24.3 Å². The van der Waals surface area contributed by atoms with Crippen LogP contribution in [0.25, 0.3) is 0 Å². The quantitative estimate of drug-likeness (QED) is 0.879. The van der Waals surface area contributed by atoms with Crippen LogP contribution < -0.4 is 0 Å². The van der Waals surface area contributed by atoms with E-state index >= 15 is 0 Å². The molecule has 0 aliphatic rings. The molecule has 0 spiro atoms. The van der Waals surface area contributed by atoms with Gasteiger partial charge < -0.3 is 5.11 Å². The van der Waals surface area contributed by atoms with Crippen molar-refractivity contribution < 1.29 is 22.3 Å². The van der Waals surface area contributed by atoms with Crippen molar-refractivity contribution in [3.05, 3.63) is 48.1 Å². The highest BCUT2D eigenvalue weighted by molar-refractivity contribution is 7.91. The topological polar surface area (TPSA) is 85.1 Å². The van der Waals surface area contributed by atoms with Crippen molar-refractivity contribution in [1.82, 2.24) is 14.8 Å². The highest BCUT2D eigenvalue weighted by atomic mass is 32.2. The maximum Gasteiger partial charge on any atom is 0.153 e. The standard InChI is InChI=1S/C13H15F2N3O3S/c1-9(22(2,20)21)13(19,6-18-8-16-7-17-18)11-4-3-10(14)5-12(11)15/h3-5,7-9,19H,6H2,1-2H3/t9-,13?/m1/s1. The van der Waals surface area contributed by atoms with Gasteiger partial charge in [0.05, 0.1) is 11.8 Å². The zero-order valence-electron chi connectivity index (χ0n) is 11.9. The van der Waals surface area contributed by atoms with E-state index in [0.29, 0.717) is 6.07 Å². The third-order valence-electron chi connectivity index (χ3n) is 3.58. The number of aliphatic hydroxyl groups is 1. The largest absolute Gasteiger partial charge is 0.382 e. The van der Waals surface area contributed by atoms with Crippen LogP contribution in [0.1, 0.15) is 12.5 Å². The van der Waals surface area contributed by atoms with Crippen LogP contribution in [-0.4, -0.2) is 39.8 Å². The van der Waals surface area contributed by atoms with Crippen LogP contribution in [0.15, 0.2) is 30.9 Å². The summed E-state index contributed by atoms with van der Waals surface area (Å²) in [5.41, 5.74) is -2.44. The van der Waals surface area contributed by atoms with Crippen molar-refractivity contribution in [2.24, 2.45) is 0 Å². The average molecular weight is 331 g/mol. The first-order valence-corrected chi connectivity index (χ1v) is 8.29. The Hall–Kier alpha value is -1.87. The fourth-order valence-corrected chi connectivity index (χ4v) is 3.10. The molecule has 2 aromatic rings. The molecular formula is C13H15F2N3O3S. The second-order valence-electron chi connectivity index (χ2n) is 5.11. The molecule has 0 aliphatic carbocycles. The molecule has 1 unspecified atom stereocenters. The first-order chi connectivity index (χ1) is 10.1. The predicted molar refractivity (Wildman–Crippen MR) is 74.6 cm³/mol. The first-order valence-electron chi connectivity index (χ1n) is 6.34. The number of sulfone groups is 1. The summed E-state index contributed by atoms with van der Waals surface area (Å²) in [4.78, 5) is 3.70. The van der Waals surface area contributed by atoms with Gasteiger partial charge in [-0.15, -0.1) is 0 Å². The van der Waals surface area contributed by atoms with Crippen molar-refractivity contribution in [2.45, 2.75) is 24.3 Å². The van der Waals surface area contributed by atoms with Crippen LogP contribution in [0.5, 0.6) is 0 Å². The number of hydrogen-bond donors (Lipinski definition) is 1. The van der Waals surface area contributed by atoms with E-state index in [9.17, 15) is 22.3 Å². The van der Waals surface area contributed by atoms with Gasteiger partial charge in [0.25, 0.3) is 0 Å². The Balaban J connectivity index is 2.58. The molecule has 0 bridgehead atoms. The zero-order valence-corrected chi connectivity index (χ0v) is 12.8. The summed E-state index contributed by atoms with van der Waals surface area (Å²) in [6, 6.07) is 2.58. The maximum atomic E-state index is 14.1. The molecule has 2 rings (SSSR count). The number of aromatic nitrogens is 3. The van der Waals surface area contributed by atoms with E-state index in [4.69, 9.17) is 0 Å². The van der Waals surface area contributed by atoms with Gasteiger partial charge in [-0.05, 0) is 13.0 Å². The van der Waals surface area contributed by atoms with Crippen LogP contribution >= 0.6 is 0 Å². The molecule has 120 valence electrons. The minimum absolute atomic E-state index is 0.317. The summed E-state index contributed by atoms with van der Waals surface area (Å²) < 4.78 is 52.1. The molecule has 1 N–H and O–H groups in total. The normalized spacial score (nSPS) is 16.2. The lowest BCUT2D eigenvalue weighted by molar-refractivity contribution is 0.0111. The Morgan fingerprint density at radius 2 is 2.09 bits per heavy atom. The molecule has 0 saturated carbocycles. The molecule has 1 aromatic carbocycles. The van der Waals surface area contributed by atoms with Gasteiger partial charge in [0.15, 0.2) is 9.84 Å². The van der Waals surface area contributed by atoms with Crippen molar-refractivity contribution in [2.75, 3.05) is 6.26 Å². The summed E-state index contributed by atoms with van der Waals surface area (Å²) in [5, 5.41) is 13.3. The van der Waals surface area contributed by atoms with Crippen LogP contribution in [0.2, 0.25) is 0 Å². The van der Waals surface area contributed by atoms with Gasteiger partial charge in [-0.1, -0.05) is 6.07 Å². The lowest BCUT2D eigenvalue weighted by atomic mass is 9.90. The van der Waals surface area contributed by atoms with Gasteiger partial charge >= 0.3 is 0 Å². The lowest BCUT2D eigenvalue weighted by Crippen LogP contribution is -2.46. The number of benzene rings is 1. The molecule has 9 heteroatoms. The minimum atomic E-state index is -3.71. The Morgan fingerprint density at radius 1 is 1.41 bits per heavy atom. The van der Waals surface area contributed by atoms with Gasteiger partial charge in [-0.25, -0.2) is 26.9 Å². The molecule has 2 atom stereocenters. The first kappa shape index (κ1) is 16.5. The number of nitrogens with zero attached hydrogens (tertiary/aromatic N) is 3. The van der Waals surface area contributed by atoms with Crippen molar-refractivity contribution in [3.8, 4) is 0 Å². The van der Waals surface area contributed by atoms with Gasteiger partial charge in [-0.2, -0.15) is 5.10 Å². The summed E-state index contributed by atoms with van der Waals surface area (Å²) in [6.07, 6.45) is 3.40. The van der Waals surface area contributed by atoms with Gasteiger partial charge in [0.2, 0.25) is 0 Å². The molecule has 6 nitrogen and oxygen atoms in total. The number of hydrogen-bond acceptors (Lipinski definition) is 5. The van der Waals surface area contributed by atoms with E-state index in [-0.39, 0.29) is 12.1 Å². The zero-order chi connectivity index (χ0) is 16.5. The molecule has 22 heavy (non-hydrogen) atoms. The van der Waals surface area contributed by atoms with E-state index in [1.54, 1.807) is 0 Å². The summed E-state index contributed by atoms with van der Waals surface area (Å²) >= 11 is 0. The second kappa shape index (κ2) is 5.73. The van der Waals surface area contributed by atoms with Crippen molar-refractivity contribution in [1.29, 1.82) is 0 Å². The molecule has 0 saturated heterocycles. The Labute approximate surface area is 126 Å². The fourth-order valence-electron chi connectivity index (χ4n) is 2.19. The van der Waals surface area contributed by atoms with Crippen molar-refractivity contribution >= 4 is 9.84 Å². The Bertz CT molecular complexity index is 765. The highest BCUT2D eigenvalue weighted by Gasteiger charge is 2.44. The highest BCUT2D eigenvalue weighted by Crippen LogP contribution is 2.33. The Kier molecular flexibility index (Phi) is 4.30. The molecule has 1 aromatic heterocycles. The molecule has 1 heterocycles. The van der Waals surface area contributed by atoms with Crippen LogP contribution in [0.3, 0.4) is 0 Å². The van der Waals surface area contributed by atoms with Gasteiger partial charge in [0.1, 0.15) is 29.9 Å². The summed E-state index contributed by atoms with van der Waals surface area (Å²) in [5.74, 6) is -1.85. The van der Waals surface area contributed by atoms with E-state index in [0.717, 1.165) is 18.4 Å². The van der Waals surface area contributed by atoms with Gasteiger partial charge in [-0.3, -0.25) is 0 Å². The smallest absolute Gasteiger partial charge is 0.153 e. The number of rotatable bonds is 5. The molecule has 0 radical (unpaired) electrons. The molecule has 0 amide bonds. The van der Waals surface area contributed by atoms with Crippen molar-refractivity contribution in [3.63, 3.8) is 0 Å².